The second-order valence-electron chi connectivity index (χ2n) is 7.40. The second-order valence-corrected chi connectivity index (χ2v) is 9.46. The monoisotopic (exact) mass is 458 g/mol. The summed E-state index contributed by atoms with van der Waals surface area (Å²) in [5.41, 5.74) is 7.15. The zero-order valence-electron chi connectivity index (χ0n) is 15.7. The van der Waals surface area contributed by atoms with Crippen molar-refractivity contribution in [3.8, 4) is 0 Å². The quantitative estimate of drug-likeness (QED) is 0.569. The van der Waals surface area contributed by atoms with Crippen LogP contribution in [0.25, 0.3) is 9.53 Å². The Balaban J connectivity index is 0.00000140. The summed E-state index contributed by atoms with van der Waals surface area (Å²) in [5, 5.41) is 4.16. The van der Waals surface area contributed by atoms with Crippen molar-refractivity contribution in [2.24, 2.45) is 11.1 Å². The summed E-state index contributed by atoms with van der Waals surface area (Å²) in [6.45, 7) is 5.69. The maximum Gasteiger partial charge on any atom is 0.264 e. The number of likely N-dealkylation sites (tertiary alicyclic amines) is 1. The zero-order valence-corrected chi connectivity index (χ0v) is 18.9. The Bertz CT molecular complexity index is 910. The molecule has 0 spiro atoms. The first kappa shape index (κ1) is 22.9. The number of carbonyl (C=O) groups excluding carboxylic acids is 1. The number of benzene rings is 1. The number of carbonyl (C=O) groups is 1. The number of fused-ring (bicyclic) bond motifs is 1. The topological polar surface area (TPSA) is 71.2 Å². The average Bonchev–Trinajstić information content (AvgIpc) is 3.16. The fourth-order valence-electron chi connectivity index (χ4n) is 3.24. The minimum Gasteiger partial charge on any atom is -0.337 e. The molecule has 1 aliphatic heterocycles. The molecule has 1 fully saturated rings. The lowest BCUT2D eigenvalue weighted by atomic mass is 9.79. The number of hydrogen-bond acceptors (Lipinski definition) is 6. The van der Waals surface area contributed by atoms with Gasteiger partial charge < -0.3 is 16.0 Å². The van der Waals surface area contributed by atoms with E-state index >= 15 is 0 Å². The van der Waals surface area contributed by atoms with Gasteiger partial charge in [0, 0.05) is 24.8 Å². The fourth-order valence-corrected chi connectivity index (χ4v) is 5.35. The van der Waals surface area contributed by atoms with Crippen molar-refractivity contribution in [1.82, 2.24) is 9.88 Å². The number of halogens is 2. The fraction of sp³-hybridized carbons (Fsp3) is 0.368. The van der Waals surface area contributed by atoms with Crippen LogP contribution >= 0.6 is 47.5 Å². The van der Waals surface area contributed by atoms with Gasteiger partial charge in [0.25, 0.3) is 5.91 Å². The number of amides is 1. The maximum absolute atomic E-state index is 12.9. The van der Waals surface area contributed by atoms with Crippen molar-refractivity contribution < 1.29 is 4.79 Å². The molecule has 3 N–H and O–H groups in total. The van der Waals surface area contributed by atoms with Crippen molar-refractivity contribution in [3.05, 3.63) is 41.3 Å². The molecule has 1 aliphatic rings. The molecule has 1 saturated heterocycles. The minimum atomic E-state index is -0.0480. The van der Waals surface area contributed by atoms with Gasteiger partial charge in [-0.3, -0.25) is 4.79 Å². The third kappa shape index (κ3) is 4.60. The van der Waals surface area contributed by atoms with E-state index in [9.17, 15) is 4.79 Å². The van der Waals surface area contributed by atoms with Crippen molar-refractivity contribution in [2.75, 3.05) is 18.4 Å². The summed E-state index contributed by atoms with van der Waals surface area (Å²) < 4.78 is 1.05. The van der Waals surface area contributed by atoms with Crippen molar-refractivity contribution in [3.63, 3.8) is 0 Å². The molecule has 1 unspecified atom stereocenters. The molecule has 0 radical (unpaired) electrons. The summed E-state index contributed by atoms with van der Waals surface area (Å²) in [4.78, 5) is 21.1. The van der Waals surface area contributed by atoms with Gasteiger partial charge in [-0.15, -0.1) is 36.2 Å². The molecule has 1 amide bonds. The van der Waals surface area contributed by atoms with Gasteiger partial charge >= 0.3 is 0 Å². The third-order valence-electron chi connectivity index (χ3n) is 4.92. The van der Waals surface area contributed by atoms with E-state index in [1.807, 2.05) is 41.3 Å². The van der Waals surface area contributed by atoms with Gasteiger partial charge in [0.15, 0.2) is 5.13 Å². The number of anilines is 2. The molecule has 1 atom stereocenters. The number of rotatable bonds is 3. The lowest BCUT2D eigenvalue weighted by Crippen LogP contribution is -2.53. The van der Waals surface area contributed by atoms with Crippen LogP contribution in [0.4, 0.5) is 10.8 Å². The van der Waals surface area contributed by atoms with E-state index in [0.29, 0.717) is 6.54 Å². The third-order valence-corrected chi connectivity index (χ3v) is 6.99. The molecule has 28 heavy (non-hydrogen) atoms. The first-order valence-corrected chi connectivity index (χ1v) is 10.3. The molecule has 9 heteroatoms. The number of nitrogens with one attached hydrogen (secondary N) is 1. The van der Waals surface area contributed by atoms with Crippen LogP contribution in [0.2, 0.25) is 0 Å². The number of thiophene rings is 1. The van der Waals surface area contributed by atoms with E-state index in [1.54, 1.807) is 11.3 Å². The average molecular weight is 459 g/mol. The summed E-state index contributed by atoms with van der Waals surface area (Å²) in [7, 11) is 0. The van der Waals surface area contributed by atoms with E-state index < -0.39 is 0 Å². The number of para-hydroxylation sites is 1. The van der Waals surface area contributed by atoms with E-state index in [0.717, 1.165) is 38.2 Å². The summed E-state index contributed by atoms with van der Waals surface area (Å²) in [5.74, 6) is 0.0951. The normalized spacial score (nSPS) is 18.2. The van der Waals surface area contributed by atoms with Gasteiger partial charge in [-0.1, -0.05) is 43.4 Å². The van der Waals surface area contributed by atoms with Gasteiger partial charge in [-0.2, -0.15) is 0 Å². The van der Waals surface area contributed by atoms with Crippen LogP contribution < -0.4 is 11.1 Å². The van der Waals surface area contributed by atoms with Gasteiger partial charge in [0.1, 0.15) is 4.83 Å². The molecule has 0 bridgehead atoms. The zero-order chi connectivity index (χ0) is 18.3. The summed E-state index contributed by atoms with van der Waals surface area (Å²) >= 11 is 3.04. The highest BCUT2D eigenvalue weighted by Gasteiger charge is 2.36. The lowest BCUT2D eigenvalue weighted by molar-refractivity contribution is 0.0537. The number of thiazole rings is 1. The number of piperidine rings is 1. The standard InChI is InChI=1S/C19H22N4OS2.2ClH/c1-19(2)11-23(9-8-15(19)20)17(24)14-10-13-16(25-14)22-18(26-13)21-12-6-4-3-5-7-12;;/h3-7,10,15H,8-9,11,20H2,1-2H3,(H,21,22);2*1H. The molecule has 0 saturated carbocycles. The number of aromatic nitrogens is 1. The predicted molar refractivity (Wildman–Crippen MR) is 124 cm³/mol. The summed E-state index contributed by atoms with van der Waals surface area (Å²) in [6, 6.07) is 12.1. The van der Waals surface area contributed by atoms with Crippen molar-refractivity contribution in [2.45, 2.75) is 26.3 Å². The van der Waals surface area contributed by atoms with E-state index in [-0.39, 0.29) is 42.2 Å². The molecule has 5 nitrogen and oxygen atoms in total. The molecule has 1 aromatic carbocycles. The van der Waals surface area contributed by atoms with Gasteiger partial charge in [-0.25, -0.2) is 4.98 Å². The molecule has 4 rings (SSSR count). The first-order valence-electron chi connectivity index (χ1n) is 8.70. The smallest absolute Gasteiger partial charge is 0.264 e. The first-order chi connectivity index (χ1) is 12.4. The van der Waals surface area contributed by atoms with Gasteiger partial charge in [0.05, 0.1) is 9.58 Å². The van der Waals surface area contributed by atoms with Crippen LogP contribution in [0.1, 0.15) is 29.9 Å². The van der Waals surface area contributed by atoms with E-state index in [4.69, 9.17) is 5.73 Å². The van der Waals surface area contributed by atoms with Crippen LogP contribution in [0.3, 0.4) is 0 Å². The van der Waals surface area contributed by atoms with Crippen molar-refractivity contribution >= 4 is 73.7 Å². The highest BCUT2D eigenvalue weighted by molar-refractivity contribution is 7.29. The highest BCUT2D eigenvalue weighted by atomic mass is 35.5. The predicted octanol–water partition coefficient (Wildman–Crippen LogP) is 5.14. The van der Waals surface area contributed by atoms with Crippen LogP contribution in [0, 0.1) is 5.41 Å². The minimum absolute atomic E-state index is 0. The van der Waals surface area contributed by atoms with Crippen LogP contribution in [0.5, 0.6) is 0 Å². The molecule has 3 aromatic rings. The summed E-state index contributed by atoms with van der Waals surface area (Å²) in [6.07, 6.45) is 0.849. The number of nitrogens with two attached hydrogens (primary N) is 1. The largest absolute Gasteiger partial charge is 0.337 e. The van der Waals surface area contributed by atoms with Crippen molar-refractivity contribution in [1.29, 1.82) is 0 Å². The Labute approximate surface area is 185 Å². The van der Waals surface area contributed by atoms with Crippen LogP contribution in [-0.2, 0) is 0 Å². The SMILES string of the molecule is CC1(C)CN(C(=O)c2cc3sc(Nc4ccccc4)nc3s2)CCC1N.Cl.Cl. The number of nitrogens with zero attached hydrogens (tertiary/aromatic N) is 2. The van der Waals surface area contributed by atoms with Crippen LogP contribution in [-0.4, -0.2) is 34.9 Å². The Kier molecular flexibility index (Phi) is 7.33. The Morgan fingerprint density at radius 3 is 2.61 bits per heavy atom. The Hall–Kier alpha value is -1.38. The Morgan fingerprint density at radius 2 is 1.96 bits per heavy atom. The molecule has 2 aromatic heterocycles. The molecule has 152 valence electrons. The Morgan fingerprint density at radius 1 is 1.25 bits per heavy atom. The molecule has 3 heterocycles. The highest BCUT2D eigenvalue weighted by Crippen LogP contribution is 2.36. The molecular formula is C19H24Cl2N4OS2. The molecular weight excluding hydrogens is 435 g/mol. The molecule has 0 aliphatic carbocycles. The lowest BCUT2D eigenvalue weighted by Gasteiger charge is -2.42. The van der Waals surface area contributed by atoms with Crippen LogP contribution in [0.15, 0.2) is 36.4 Å². The van der Waals surface area contributed by atoms with E-state index in [1.165, 1.54) is 11.3 Å². The maximum atomic E-state index is 12.9. The number of hydrogen-bond donors (Lipinski definition) is 2. The van der Waals surface area contributed by atoms with Gasteiger partial charge in [-0.05, 0) is 30.0 Å². The van der Waals surface area contributed by atoms with Gasteiger partial charge in [0.2, 0.25) is 0 Å². The second kappa shape index (κ2) is 8.97. The van der Waals surface area contributed by atoms with E-state index in [2.05, 4.69) is 24.1 Å².